The van der Waals surface area contributed by atoms with Gasteiger partial charge in [-0.1, -0.05) is 24.3 Å². The Hall–Kier alpha value is -2.07. The van der Waals surface area contributed by atoms with Crippen molar-refractivity contribution in [3.63, 3.8) is 0 Å². The fourth-order valence-corrected chi connectivity index (χ4v) is 2.54. The lowest BCUT2D eigenvalue weighted by Gasteiger charge is -2.26. The second kappa shape index (κ2) is 6.14. The van der Waals surface area contributed by atoms with Crippen molar-refractivity contribution >= 4 is 0 Å². The SMILES string of the molecule is COc1cc(CNC2COc3ccccc3C2)ccc1F. The second-order valence-electron chi connectivity index (χ2n) is 5.17. The van der Waals surface area contributed by atoms with E-state index in [2.05, 4.69) is 11.4 Å². The molecule has 0 fully saturated rings. The lowest BCUT2D eigenvalue weighted by atomic mass is 10.0. The molecule has 1 unspecified atom stereocenters. The van der Waals surface area contributed by atoms with Crippen molar-refractivity contribution in [3.8, 4) is 11.5 Å². The molecule has 2 aromatic rings. The third-order valence-electron chi connectivity index (χ3n) is 3.69. The first-order valence-electron chi connectivity index (χ1n) is 7.03. The molecule has 1 aliphatic heterocycles. The van der Waals surface area contributed by atoms with E-state index < -0.39 is 0 Å². The molecule has 0 spiro atoms. The minimum atomic E-state index is -0.337. The molecule has 4 heteroatoms. The van der Waals surface area contributed by atoms with Crippen LogP contribution in [0.3, 0.4) is 0 Å². The molecule has 0 saturated heterocycles. The molecule has 3 rings (SSSR count). The second-order valence-corrected chi connectivity index (χ2v) is 5.17. The van der Waals surface area contributed by atoms with Gasteiger partial charge >= 0.3 is 0 Å². The van der Waals surface area contributed by atoms with E-state index in [9.17, 15) is 4.39 Å². The van der Waals surface area contributed by atoms with Gasteiger partial charge in [-0.05, 0) is 35.7 Å². The first-order chi connectivity index (χ1) is 10.3. The van der Waals surface area contributed by atoms with E-state index in [-0.39, 0.29) is 17.6 Å². The quantitative estimate of drug-likeness (QED) is 0.938. The van der Waals surface area contributed by atoms with Crippen molar-refractivity contribution < 1.29 is 13.9 Å². The van der Waals surface area contributed by atoms with Crippen LogP contribution in [0.5, 0.6) is 11.5 Å². The monoisotopic (exact) mass is 287 g/mol. The number of nitrogens with one attached hydrogen (secondary N) is 1. The number of rotatable bonds is 4. The van der Waals surface area contributed by atoms with Gasteiger partial charge in [-0.25, -0.2) is 4.39 Å². The molecule has 3 nitrogen and oxygen atoms in total. The molecule has 1 aliphatic rings. The van der Waals surface area contributed by atoms with E-state index in [1.54, 1.807) is 12.1 Å². The van der Waals surface area contributed by atoms with Gasteiger partial charge in [0.25, 0.3) is 0 Å². The third kappa shape index (κ3) is 3.16. The van der Waals surface area contributed by atoms with Crippen LogP contribution in [0.25, 0.3) is 0 Å². The normalized spacial score (nSPS) is 17.0. The van der Waals surface area contributed by atoms with E-state index >= 15 is 0 Å². The van der Waals surface area contributed by atoms with E-state index in [0.717, 1.165) is 17.7 Å². The fourth-order valence-electron chi connectivity index (χ4n) is 2.54. The van der Waals surface area contributed by atoms with Crippen molar-refractivity contribution in [2.45, 2.75) is 19.0 Å². The number of halogens is 1. The van der Waals surface area contributed by atoms with Gasteiger partial charge in [0.05, 0.1) is 7.11 Å². The average molecular weight is 287 g/mol. The smallest absolute Gasteiger partial charge is 0.165 e. The molecule has 0 saturated carbocycles. The minimum absolute atomic E-state index is 0.260. The van der Waals surface area contributed by atoms with Gasteiger partial charge in [-0.2, -0.15) is 0 Å². The molecule has 110 valence electrons. The molecule has 2 aromatic carbocycles. The van der Waals surface area contributed by atoms with Crippen LogP contribution in [0.15, 0.2) is 42.5 Å². The largest absolute Gasteiger partial charge is 0.494 e. The van der Waals surface area contributed by atoms with Crippen LogP contribution < -0.4 is 14.8 Å². The predicted molar refractivity (Wildman–Crippen MR) is 79.2 cm³/mol. The Labute approximate surface area is 123 Å². The van der Waals surface area contributed by atoms with Crippen molar-refractivity contribution in [2.24, 2.45) is 0 Å². The number of ether oxygens (including phenoxy) is 2. The van der Waals surface area contributed by atoms with Crippen LogP contribution in [0.4, 0.5) is 4.39 Å². The Morgan fingerprint density at radius 3 is 3.00 bits per heavy atom. The minimum Gasteiger partial charge on any atom is -0.494 e. The molecular weight excluding hydrogens is 269 g/mol. The summed E-state index contributed by atoms with van der Waals surface area (Å²) in [4.78, 5) is 0. The lowest BCUT2D eigenvalue weighted by Crippen LogP contribution is -2.38. The molecule has 0 amide bonds. The van der Waals surface area contributed by atoms with Crippen molar-refractivity contribution in [1.82, 2.24) is 5.32 Å². The van der Waals surface area contributed by atoms with Crippen LogP contribution in [-0.2, 0) is 13.0 Å². The highest BCUT2D eigenvalue weighted by Crippen LogP contribution is 2.24. The molecule has 21 heavy (non-hydrogen) atoms. The van der Waals surface area contributed by atoms with Gasteiger partial charge in [0, 0.05) is 12.6 Å². The van der Waals surface area contributed by atoms with Crippen molar-refractivity contribution in [3.05, 3.63) is 59.4 Å². The zero-order valence-corrected chi connectivity index (χ0v) is 11.9. The Morgan fingerprint density at radius 2 is 2.14 bits per heavy atom. The summed E-state index contributed by atoms with van der Waals surface area (Å²) >= 11 is 0. The van der Waals surface area contributed by atoms with E-state index in [4.69, 9.17) is 9.47 Å². The maximum atomic E-state index is 13.4. The highest BCUT2D eigenvalue weighted by Gasteiger charge is 2.18. The molecule has 1 N–H and O–H groups in total. The van der Waals surface area contributed by atoms with Gasteiger partial charge in [0.2, 0.25) is 0 Å². The highest BCUT2D eigenvalue weighted by atomic mass is 19.1. The highest BCUT2D eigenvalue weighted by molar-refractivity contribution is 5.36. The summed E-state index contributed by atoms with van der Waals surface area (Å²) in [5.74, 6) is 0.912. The fraction of sp³-hybridized carbons (Fsp3) is 0.294. The lowest BCUT2D eigenvalue weighted by molar-refractivity contribution is 0.238. The van der Waals surface area contributed by atoms with Gasteiger partial charge < -0.3 is 14.8 Å². The first-order valence-corrected chi connectivity index (χ1v) is 7.03. The summed E-state index contributed by atoms with van der Waals surface area (Å²) in [5.41, 5.74) is 2.21. The topological polar surface area (TPSA) is 30.5 Å². The number of hydrogen-bond acceptors (Lipinski definition) is 3. The molecule has 0 bridgehead atoms. The molecule has 0 aliphatic carbocycles. The van der Waals surface area contributed by atoms with Crippen LogP contribution in [0, 0.1) is 5.82 Å². The Kier molecular flexibility index (Phi) is 4.06. The summed E-state index contributed by atoms with van der Waals surface area (Å²) in [6.45, 7) is 1.31. The number of hydrogen-bond donors (Lipinski definition) is 1. The predicted octanol–water partition coefficient (Wildman–Crippen LogP) is 2.93. The summed E-state index contributed by atoms with van der Waals surface area (Å²) in [7, 11) is 1.47. The van der Waals surface area contributed by atoms with Crippen LogP contribution in [0.1, 0.15) is 11.1 Å². The number of benzene rings is 2. The third-order valence-corrected chi connectivity index (χ3v) is 3.69. The standard InChI is InChI=1S/C17H18FNO2/c1-20-17-8-12(6-7-15(17)18)10-19-14-9-13-4-2-3-5-16(13)21-11-14/h2-8,14,19H,9-11H2,1H3. The van der Waals surface area contributed by atoms with Crippen LogP contribution in [0.2, 0.25) is 0 Å². The summed E-state index contributed by atoms with van der Waals surface area (Å²) in [6.07, 6.45) is 0.939. The first kappa shape index (κ1) is 13.9. The maximum absolute atomic E-state index is 13.4. The van der Waals surface area contributed by atoms with Crippen molar-refractivity contribution in [1.29, 1.82) is 0 Å². The molecular formula is C17H18FNO2. The van der Waals surface area contributed by atoms with Crippen LogP contribution >= 0.6 is 0 Å². The summed E-state index contributed by atoms with van der Waals surface area (Å²) in [6, 6.07) is 13.3. The average Bonchev–Trinajstić information content (AvgIpc) is 2.54. The van der Waals surface area contributed by atoms with Gasteiger partial charge in [0.1, 0.15) is 12.4 Å². The summed E-state index contributed by atoms with van der Waals surface area (Å²) in [5, 5.41) is 3.45. The zero-order chi connectivity index (χ0) is 14.7. The van der Waals surface area contributed by atoms with Gasteiger partial charge in [-0.15, -0.1) is 0 Å². The molecule has 0 radical (unpaired) electrons. The van der Waals surface area contributed by atoms with E-state index in [1.165, 1.54) is 18.7 Å². The summed E-state index contributed by atoms with van der Waals surface area (Å²) < 4.78 is 24.1. The Bertz CT molecular complexity index is 630. The number of fused-ring (bicyclic) bond motifs is 1. The number of para-hydroxylation sites is 1. The van der Waals surface area contributed by atoms with Crippen LogP contribution in [-0.4, -0.2) is 19.8 Å². The van der Waals surface area contributed by atoms with E-state index in [0.29, 0.717) is 13.2 Å². The maximum Gasteiger partial charge on any atom is 0.165 e. The molecule has 1 heterocycles. The Morgan fingerprint density at radius 1 is 1.29 bits per heavy atom. The van der Waals surface area contributed by atoms with Crippen molar-refractivity contribution in [2.75, 3.05) is 13.7 Å². The number of methoxy groups -OCH3 is 1. The molecule has 1 atom stereocenters. The van der Waals surface area contributed by atoms with Gasteiger partial charge in [0.15, 0.2) is 11.6 Å². The van der Waals surface area contributed by atoms with Gasteiger partial charge in [-0.3, -0.25) is 0 Å². The Balaban J connectivity index is 1.61. The zero-order valence-electron chi connectivity index (χ0n) is 11.9. The van der Waals surface area contributed by atoms with E-state index in [1.807, 2.05) is 18.2 Å². The molecule has 0 aromatic heterocycles.